The fourth-order valence-corrected chi connectivity index (χ4v) is 2.33. The smallest absolute Gasteiger partial charge is 0.387 e. The van der Waals surface area contributed by atoms with E-state index in [0.29, 0.717) is 5.69 Å². The summed E-state index contributed by atoms with van der Waals surface area (Å²) in [7, 11) is 0. The van der Waals surface area contributed by atoms with Crippen molar-refractivity contribution in [2.45, 2.75) is 26.6 Å². The van der Waals surface area contributed by atoms with E-state index in [2.05, 4.69) is 15.4 Å². The molecule has 0 aliphatic heterocycles. The van der Waals surface area contributed by atoms with Crippen molar-refractivity contribution in [1.29, 1.82) is 0 Å². The van der Waals surface area contributed by atoms with Gasteiger partial charge < -0.3 is 20.1 Å². The van der Waals surface area contributed by atoms with Gasteiger partial charge in [-0.1, -0.05) is 18.2 Å². The largest absolute Gasteiger partial charge is 0.451 e. The molecule has 0 unspecified atom stereocenters. The summed E-state index contributed by atoms with van der Waals surface area (Å²) >= 11 is 0. The maximum Gasteiger partial charge on any atom is 0.387 e. The summed E-state index contributed by atoms with van der Waals surface area (Å²) in [5.41, 5.74) is 1.55. The molecule has 0 heterocycles. The van der Waals surface area contributed by atoms with Gasteiger partial charge in [-0.15, -0.1) is 0 Å². The third kappa shape index (κ3) is 7.21. The van der Waals surface area contributed by atoms with E-state index in [0.717, 1.165) is 11.6 Å². The summed E-state index contributed by atoms with van der Waals surface area (Å²) in [4.78, 5) is 36.0. The summed E-state index contributed by atoms with van der Waals surface area (Å²) in [5.74, 6) is -2.22. The van der Waals surface area contributed by atoms with E-state index in [9.17, 15) is 23.2 Å². The Kier molecular flexibility index (Phi) is 7.64. The van der Waals surface area contributed by atoms with Gasteiger partial charge in [0.2, 0.25) is 0 Å². The summed E-state index contributed by atoms with van der Waals surface area (Å²) < 4.78 is 33.7. The molecule has 0 saturated carbocycles. The molecule has 2 aromatic carbocycles. The Morgan fingerprint density at radius 1 is 1.07 bits per heavy atom. The first-order valence-corrected chi connectivity index (χ1v) is 8.64. The van der Waals surface area contributed by atoms with Crippen LogP contribution in [0.5, 0.6) is 5.75 Å². The van der Waals surface area contributed by atoms with Crippen molar-refractivity contribution >= 4 is 23.5 Å². The van der Waals surface area contributed by atoms with Crippen LogP contribution in [0.4, 0.5) is 14.5 Å². The minimum atomic E-state index is -3.02. The number of halogens is 2. The number of nitrogens with one attached hydrogen (secondary N) is 2. The maximum atomic E-state index is 12.2. The number of rotatable bonds is 8. The van der Waals surface area contributed by atoms with Crippen LogP contribution in [-0.2, 0) is 14.3 Å². The van der Waals surface area contributed by atoms with Crippen LogP contribution in [0.2, 0.25) is 0 Å². The van der Waals surface area contributed by atoms with E-state index in [1.165, 1.54) is 25.1 Å². The molecule has 29 heavy (non-hydrogen) atoms. The lowest BCUT2D eigenvalue weighted by Crippen LogP contribution is -2.35. The molecule has 0 radical (unpaired) electrons. The molecule has 0 saturated heterocycles. The number of benzene rings is 2. The molecule has 2 N–H and O–H groups in total. The molecule has 0 aliphatic carbocycles. The minimum absolute atomic E-state index is 0.0289. The van der Waals surface area contributed by atoms with Crippen LogP contribution in [0.3, 0.4) is 0 Å². The zero-order valence-electron chi connectivity index (χ0n) is 15.8. The monoisotopic (exact) mass is 406 g/mol. The molecule has 2 aromatic rings. The van der Waals surface area contributed by atoms with Gasteiger partial charge in [-0.2, -0.15) is 8.78 Å². The molecule has 0 spiro atoms. The summed E-state index contributed by atoms with van der Waals surface area (Å²) in [6.45, 7) is -0.246. The summed E-state index contributed by atoms with van der Waals surface area (Å²) in [6, 6.07) is 12.2. The predicted octanol–water partition coefficient (Wildman–Crippen LogP) is 2.90. The highest BCUT2D eigenvalue weighted by Crippen LogP contribution is 2.16. The van der Waals surface area contributed by atoms with Gasteiger partial charge in [0.15, 0.2) is 6.10 Å². The van der Waals surface area contributed by atoms with Crippen LogP contribution >= 0.6 is 0 Å². The van der Waals surface area contributed by atoms with Crippen LogP contribution in [0, 0.1) is 6.92 Å². The highest BCUT2D eigenvalue weighted by atomic mass is 19.3. The Labute approximate surface area is 166 Å². The van der Waals surface area contributed by atoms with Crippen LogP contribution < -0.4 is 15.4 Å². The average Bonchev–Trinajstić information content (AvgIpc) is 2.65. The third-order valence-electron chi connectivity index (χ3n) is 3.68. The number of aryl methyl sites for hydroxylation is 1. The molecule has 2 amide bonds. The van der Waals surface area contributed by atoms with Crippen molar-refractivity contribution in [2.75, 3.05) is 11.9 Å². The van der Waals surface area contributed by atoms with Gasteiger partial charge in [-0.05, 0) is 49.7 Å². The number of esters is 1. The van der Waals surface area contributed by atoms with Crippen molar-refractivity contribution in [3.8, 4) is 5.75 Å². The zero-order chi connectivity index (χ0) is 21.4. The second-order valence-electron chi connectivity index (χ2n) is 6.08. The lowest BCUT2D eigenvalue weighted by atomic mass is 10.2. The van der Waals surface area contributed by atoms with E-state index >= 15 is 0 Å². The number of anilines is 1. The lowest BCUT2D eigenvalue weighted by molar-refractivity contribution is -0.152. The topological polar surface area (TPSA) is 93.7 Å². The second-order valence-corrected chi connectivity index (χ2v) is 6.08. The summed E-state index contributed by atoms with van der Waals surface area (Å²) in [5, 5.41) is 4.91. The second kappa shape index (κ2) is 10.2. The zero-order valence-corrected chi connectivity index (χ0v) is 15.8. The predicted molar refractivity (Wildman–Crippen MR) is 101 cm³/mol. The van der Waals surface area contributed by atoms with Crippen molar-refractivity contribution in [1.82, 2.24) is 5.32 Å². The number of carbonyl (C=O) groups is 3. The quantitative estimate of drug-likeness (QED) is 0.658. The third-order valence-corrected chi connectivity index (χ3v) is 3.68. The van der Waals surface area contributed by atoms with E-state index < -0.39 is 37.0 Å². The number of alkyl halides is 2. The van der Waals surface area contributed by atoms with Crippen LogP contribution in [-0.4, -0.2) is 37.0 Å². The SMILES string of the molecule is Cc1cccc(NC(=O)[C@@H](C)OC(=O)CNC(=O)c2cccc(OC(F)F)c2)c1. The maximum absolute atomic E-state index is 12.2. The number of hydrogen-bond acceptors (Lipinski definition) is 5. The van der Waals surface area contributed by atoms with Crippen LogP contribution in [0.25, 0.3) is 0 Å². The normalized spacial score (nSPS) is 11.5. The van der Waals surface area contributed by atoms with Gasteiger partial charge in [0.05, 0.1) is 0 Å². The Hall–Kier alpha value is -3.49. The molecule has 0 aromatic heterocycles. The van der Waals surface area contributed by atoms with E-state index in [1.54, 1.807) is 18.2 Å². The minimum Gasteiger partial charge on any atom is -0.451 e. The highest BCUT2D eigenvalue weighted by molar-refractivity contribution is 5.97. The molecule has 154 valence electrons. The fourth-order valence-electron chi connectivity index (χ4n) is 2.33. The van der Waals surface area contributed by atoms with E-state index in [1.807, 2.05) is 13.0 Å². The molecular weight excluding hydrogens is 386 g/mol. The first-order valence-electron chi connectivity index (χ1n) is 8.64. The van der Waals surface area contributed by atoms with Crippen LogP contribution in [0.15, 0.2) is 48.5 Å². The molecule has 1 atom stereocenters. The fraction of sp³-hybridized carbons (Fsp3) is 0.250. The van der Waals surface area contributed by atoms with Gasteiger partial charge in [0.1, 0.15) is 12.3 Å². The van der Waals surface area contributed by atoms with Crippen molar-refractivity contribution in [3.63, 3.8) is 0 Å². The Morgan fingerprint density at radius 2 is 1.79 bits per heavy atom. The molecule has 7 nitrogen and oxygen atoms in total. The summed E-state index contributed by atoms with van der Waals surface area (Å²) in [6.07, 6.45) is -1.08. The first-order chi connectivity index (χ1) is 13.7. The molecule has 2 rings (SSSR count). The molecule has 0 fully saturated rings. The first kappa shape index (κ1) is 21.8. The van der Waals surface area contributed by atoms with Crippen LogP contribution in [0.1, 0.15) is 22.8 Å². The van der Waals surface area contributed by atoms with Gasteiger partial charge in [-0.25, -0.2) is 0 Å². The van der Waals surface area contributed by atoms with Gasteiger partial charge in [0, 0.05) is 11.3 Å². The molecule has 9 heteroatoms. The number of hydrogen-bond donors (Lipinski definition) is 2. The van der Waals surface area contributed by atoms with Gasteiger partial charge in [-0.3, -0.25) is 14.4 Å². The average molecular weight is 406 g/mol. The Balaban J connectivity index is 1.82. The molecule has 0 bridgehead atoms. The van der Waals surface area contributed by atoms with Gasteiger partial charge in [0.25, 0.3) is 11.8 Å². The van der Waals surface area contributed by atoms with E-state index in [4.69, 9.17) is 4.74 Å². The number of ether oxygens (including phenoxy) is 2. The van der Waals surface area contributed by atoms with Crippen molar-refractivity contribution in [3.05, 3.63) is 59.7 Å². The van der Waals surface area contributed by atoms with Crippen molar-refractivity contribution < 1.29 is 32.6 Å². The molecular formula is C20H20F2N2O5. The van der Waals surface area contributed by atoms with E-state index in [-0.39, 0.29) is 11.3 Å². The Bertz CT molecular complexity index is 889. The molecule has 0 aliphatic rings. The van der Waals surface area contributed by atoms with Gasteiger partial charge >= 0.3 is 12.6 Å². The number of amides is 2. The number of carbonyl (C=O) groups excluding carboxylic acids is 3. The van der Waals surface area contributed by atoms with Crippen molar-refractivity contribution in [2.24, 2.45) is 0 Å². The lowest BCUT2D eigenvalue weighted by Gasteiger charge is -2.14. The highest BCUT2D eigenvalue weighted by Gasteiger charge is 2.19. The standard InChI is InChI=1S/C20H20F2N2O5/c1-12-5-3-7-15(9-12)24-18(26)13(2)28-17(25)11-23-19(27)14-6-4-8-16(10-14)29-20(21)22/h3-10,13,20H,11H2,1-2H3,(H,23,27)(H,24,26)/t13-/m1/s1. The Morgan fingerprint density at radius 3 is 2.48 bits per heavy atom.